The number of piperazine rings is 1. The molecule has 1 fully saturated rings. The second-order valence-electron chi connectivity index (χ2n) is 5.67. The number of hydrogen-bond acceptors (Lipinski definition) is 5. The normalized spacial score (nSPS) is 14.3. The van der Waals surface area contributed by atoms with Crippen molar-refractivity contribution < 1.29 is 19.4 Å². The summed E-state index contributed by atoms with van der Waals surface area (Å²) >= 11 is 0. The number of anilines is 1. The third kappa shape index (κ3) is 3.52. The molecule has 0 bridgehead atoms. The van der Waals surface area contributed by atoms with Crippen LogP contribution in [0.2, 0.25) is 0 Å². The van der Waals surface area contributed by atoms with Crippen LogP contribution in [0.3, 0.4) is 0 Å². The molecule has 1 N–H and O–H groups in total. The Hall–Kier alpha value is -3.16. The topological polar surface area (TPSA) is 90.1 Å². The van der Waals surface area contributed by atoms with E-state index in [0.717, 1.165) is 5.82 Å². The quantitative estimate of drug-likeness (QED) is 0.618. The predicted octanol–water partition coefficient (Wildman–Crippen LogP) is 1.38. The Morgan fingerprint density at radius 3 is 2.56 bits per heavy atom. The van der Waals surface area contributed by atoms with Gasteiger partial charge in [0.05, 0.1) is 31.3 Å². The van der Waals surface area contributed by atoms with Crippen molar-refractivity contribution in [2.45, 2.75) is 0 Å². The largest absolute Gasteiger partial charge is 0.490 e. The summed E-state index contributed by atoms with van der Waals surface area (Å²) < 4.78 is 4.97. The minimum absolute atomic E-state index is 0.144. The third-order valence-electron chi connectivity index (χ3n) is 4.22. The molecule has 0 aliphatic carbocycles. The number of nitro benzene ring substituents is 1. The highest BCUT2D eigenvalue weighted by atomic mass is 16.6. The summed E-state index contributed by atoms with van der Waals surface area (Å²) in [5, 5.41) is 11.1. The van der Waals surface area contributed by atoms with Crippen LogP contribution in [0.1, 0.15) is 10.4 Å². The van der Waals surface area contributed by atoms with E-state index in [1.165, 1.54) is 19.2 Å². The SMILES string of the molecule is COc1ccc(C(=O)N2CCN(c3cccc[nH+]3)CC2)cc1[N+](=O)[O-]. The molecule has 1 aliphatic rings. The highest BCUT2D eigenvalue weighted by Gasteiger charge is 2.28. The summed E-state index contributed by atoms with van der Waals surface area (Å²) in [5.74, 6) is 0.947. The number of hydrogen-bond donors (Lipinski definition) is 0. The number of pyridine rings is 1. The third-order valence-corrected chi connectivity index (χ3v) is 4.22. The molecule has 0 saturated carbocycles. The zero-order valence-corrected chi connectivity index (χ0v) is 13.8. The lowest BCUT2D eigenvalue weighted by Gasteiger charge is -2.31. The van der Waals surface area contributed by atoms with Gasteiger partial charge in [-0.2, -0.15) is 0 Å². The fraction of sp³-hybridized carbons (Fsp3) is 0.294. The zero-order valence-electron chi connectivity index (χ0n) is 13.8. The Balaban J connectivity index is 1.70. The fourth-order valence-corrected chi connectivity index (χ4v) is 2.88. The number of H-pyrrole nitrogens is 1. The smallest absolute Gasteiger partial charge is 0.311 e. The first kappa shape index (κ1) is 16.7. The maximum absolute atomic E-state index is 12.7. The van der Waals surface area contributed by atoms with E-state index in [1.54, 1.807) is 11.0 Å². The van der Waals surface area contributed by atoms with Crippen LogP contribution in [0, 0.1) is 10.1 Å². The number of ether oxygens (including phenoxy) is 1. The second kappa shape index (κ2) is 7.16. The van der Waals surface area contributed by atoms with Gasteiger partial charge in [0.25, 0.3) is 11.7 Å². The predicted molar refractivity (Wildman–Crippen MR) is 90.8 cm³/mol. The van der Waals surface area contributed by atoms with Crippen molar-refractivity contribution in [2.75, 3.05) is 38.2 Å². The van der Waals surface area contributed by atoms with E-state index in [1.807, 2.05) is 24.4 Å². The molecule has 2 heterocycles. The van der Waals surface area contributed by atoms with Gasteiger partial charge in [0.2, 0.25) is 0 Å². The average molecular weight is 343 g/mol. The van der Waals surface area contributed by atoms with Crippen molar-refractivity contribution >= 4 is 17.4 Å². The number of aromatic nitrogens is 1. The molecule has 0 atom stereocenters. The number of rotatable bonds is 4. The molecule has 3 rings (SSSR count). The minimum Gasteiger partial charge on any atom is -0.490 e. The number of nitrogens with zero attached hydrogens (tertiary/aromatic N) is 3. The van der Waals surface area contributed by atoms with Crippen LogP contribution in [-0.2, 0) is 0 Å². The molecule has 0 unspecified atom stereocenters. The van der Waals surface area contributed by atoms with Gasteiger partial charge in [0.1, 0.15) is 13.1 Å². The van der Waals surface area contributed by atoms with Crippen molar-refractivity contribution in [3.63, 3.8) is 0 Å². The van der Waals surface area contributed by atoms with Crippen molar-refractivity contribution in [2.24, 2.45) is 0 Å². The standard InChI is InChI=1S/C17H18N4O4/c1-25-15-6-5-13(12-14(15)21(23)24)17(22)20-10-8-19(9-11-20)16-4-2-3-7-18-16/h2-7,12H,8-11H2,1H3/p+1. The number of carbonyl (C=O) groups excluding carboxylic acids is 1. The van der Waals surface area contributed by atoms with E-state index in [-0.39, 0.29) is 17.3 Å². The molecular weight excluding hydrogens is 324 g/mol. The monoisotopic (exact) mass is 343 g/mol. The van der Waals surface area contributed by atoms with Crippen LogP contribution in [0.4, 0.5) is 11.5 Å². The van der Waals surface area contributed by atoms with Crippen LogP contribution >= 0.6 is 0 Å². The van der Waals surface area contributed by atoms with Crippen LogP contribution < -0.4 is 14.6 Å². The molecule has 2 aromatic rings. The van der Waals surface area contributed by atoms with Crippen molar-refractivity contribution in [3.05, 3.63) is 58.3 Å². The van der Waals surface area contributed by atoms with Crippen LogP contribution in [0.5, 0.6) is 5.75 Å². The second-order valence-corrected chi connectivity index (χ2v) is 5.67. The molecule has 1 aromatic heterocycles. The van der Waals surface area contributed by atoms with Gasteiger partial charge in [0, 0.05) is 17.7 Å². The molecule has 8 nitrogen and oxygen atoms in total. The van der Waals surface area contributed by atoms with Crippen LogP contribution in [0.15, 0.2) is 42.6 Å². The number of nitro groups is 1. The van der Waals surface area contributed by atoms with Gasteiger partial charge in [-0.25, -0.2) is 4.98 Å². The van der Waals surface area contributed by atoms with E-state index < -0.39 is 4.92 Å². The summed E-state index contributed by atoms with van der Waals surface area (Å²) in [6.45, 7) is 2.51. The first-order chi connectivity index (χ1) is 12.1. The lowest BCUT2D eigenvalue weighted by atomic mass is 10.1. The number of aromatic amines is 1. The Morgan fingerprint density at radius 1 is 1.20 bits per heavy atom. The average Bonchev–Trinajstić information content (AvgIpc) is 2.67. The molecule has 0 spiro atoms. The molecule has 0 radical (unpaired) electrons. The number of methoxy groups -OCH3 is 1. The van der Waals surface area contributed by atoms with E-state index in [2.05, 4.69) is 9.88 Å². The van der Waals surface area contributed by atoms with Crippen LogP contribution in [-0.4, -0.2) is 49.0 Å². The highest BCUT2D eigenvalue weighted by molar-refractivity contribution is 5.95. The van der Waals surface area contributed by atoms with Crippen LogP contribution in [0.25, 0.3) is 0 Å². The van der Waals surface area contributed by atoms with Crippen molar-refractivity contribution in [3.8, 4) is 5.75 Å². The van der Waals surface area contributed by atoms with E-state index in [0.29, 0.717) is 31.7 Å². The fourth-order valence-electron chi connectivity index (χ4n) is 2.88. The molecule has 1 aliphatic heterocycles. The van der Waals surface area contributed by atoms with Gasteiger partial charge in [-0.05, 0) is 18.2 Å². The van der Waals surface area contributed by atoms with E-state index >= 15 is 0 Å². The Kier molecular flexibility index (Phi) is 4.78. The molecule has 1 aromatic carbocycles. The number of carbonyl (C=O) groups is 1. The lowest BCUT2D eigenvalue weighted by molar-refractivity contribution is -0.385. The highest BCUT2D eigenvalue weighted by Crippen LogP contribution is 2.28. The van der Waals surface area contributed by atoms with Gasteiger partial charge in [-0.15, -0.1) is 0 Å². The summed E-state index contributed by atoms with van der Waals surface area (Å²) in [6, 6.07) is 10.2. The molecule has 1 saturated heterocycles. The van der Waals surface area contributed by atoms with E-state index in [9.17, 15) is 14.9 Å². The van der Waals surface area contributed by atoms with Gasteiger partial charge >= 0.3 is 5.69 Å². The first-order valence-corrected chi connectivity index (χ1v) is 7.93. The summed E-state index contributed by atoms with van der Waals surface area (Å²) in [5.41, 5.74) is 0.0955. The van der Waals surface area contributed by atoms with Gasteiger partial charge in [-0.1, -0.05) is 6.07 Å². The van der Waals surface area contributed by atoms with Crippen molar-refractivity contribution in [1.29, 1.82) is 0 Å². The number of nitrogens with one attached hydrogen (secondary N) is 1. The Labute approximate surface area is 144 Å². The number of benzene rings is 1. The van der Waals surface area contributed by atoms with Gasteiger partial charge in [-0.3, -0.25) is 19.8 Å². The van der Waals surface area contributed by atoms with Gasteiger partial charge in [0.15, 0.2) is 5.75 Å². The minimum atomic E-state index is -0.543. The Morgan fingerprint density at radius 2 is 1.96 bits per heavy atom. The number of amides is 1. The summed E-state index contributed by atoms with van der Waals surface area (Å²) in [7, 11) is 1.36. The lowest BCUT2D eigenvalue weighted by Crippen LogP contribution is -2.50. The summed E-state index contributed by atoms with van der Waals surface area (Å²) in [6.07, 6.45) is 1.86. The maximum atomic E-state index is 12.7. The first-order valence-electron chi connectivity index (χ1n) is 7.93. The molecular formula is C17H19N4O4+. The molecule has 1 amide bonds. The summed E-state index contributed by atoms with van der Waals surface area (Å²) in [4.78, 5) is 30.3. The zero-order chi connectivity index (χ0) is 17.8. The Bertz CT molecular complexity index is 773. The van der Waals surface area contributed by atoms with E-state index in [4.69, 9.17) is 4.74 Å². The molecule has 25 heavy (non-hydrogen) atoms. The maximum Gasteiger partial charge on any atom is 0.311 e. The molecule has 130 valence electrons. The molecule has 8 heteroatoms. The van der Waals surface area contributed by atoms with Crippen molar-refractivity contribution in [1.82, 2.24) is 4.90 Å². The van der Waals surface area contributed by atoms with Gasteiger partial charge < -0.3 is 9.64 Å².